The fourth-order valence-electron chi connectivity index (χ4n) is 1.98. The van der Waals surface area contributed by atoms with Gasteiger partial charge in [-0.15, -0.1) is 0 Å². The molecule has 8 nitrogen and oxygen atoms in total. The first-order valence-electron chi connectivity index (χ1n) is 6.15. The fraction of sp³-hybridized carbons (Fsp3) is 0. The van der Waals surface area contributed by atoms with E-state index in [9.17, 15) is 4.79 Å². The summed E-state index contributed by atoms with van der Waals surface area (Å²) in [6.45, 7) is 0. The predicted molar refractivity (Wildman–Crippen MR) is 78.8 cm³/mol. The van der Waals surface area contributed by atoms with E-state index in [0.717, 1.165) is 16.9 Å². The van der Waals surface area contributed by atoms with Crippen molar-refractivity contribution in [3.05, 3.63) is 42.1 Å². The molecular formula is C13H13N7O. The minimum Gasteiger partial charge on any atom is -0.383 e. The molecule has 3 aromatic rings. The molecule has 1 amide bonds. The zero-order chi connectivity index (χ0) is 14.8. The van der Waals surface area contributed by atoms with Crippen molar-refractivity contribution >= 4 is 23.2 Å². The van der Waals surface area contributed by atoms with E-state index in [0.29, 0.717) is 5.82 Å². The Labute approximate surface area is 119 Å². The van der Waals surface area contributed by atoms with Crippen molar-refractivity contribution < 1.29 is 4.79 Å². The molecule has 0 aliphatic heterocycles. The number of aromatic amines is 2. The first-order valence-corrected chi connectivity index (χ1v) is 6.15. The highest BCUT2D eigenvalue weighted by atomic mass is 16.1. The molecule has 0 aliphatic carbocycles. The molecule has 106 valence electrons. The molecule has 0 aliphatic rings. The van der Waals surface area contributed by atoms with Crippen molar-refractivity contribution in [2.24, 2.45) is 5.73 Å². The predicted octanol–water partition coefficient (Wildman–Crippen LogP) is 1.22. The number of nitrogens with two attached hydrogens (primary N) is 2. The topological polar surface area (TPSA) is 139 Å². The SMILES string of the molecule is NC(=O)c1c(Nc2ccc(-c3ccn[nH]3)cc2)n[nH]c1N. The minimum atomic E-state index is -0.641. The van der Waals surface area contributed by atoms with Crippen LogP contribution in [0.4, 0.5) is 17.3 Å². The summed E-state index contributed by atoms with van der Waals surface area (Å²) in [6.07, 6.45) is 1.69. The smallest absolute Gasteiger partial charge is 0.256 e. The number of hydrogen-bond donors (Lipinski definition) is 5. The van der Waals surface area contributed by atoms with Gasteiger partial charge >= 0.3 is 0 Å². The summed E-state index contributed by atoms with van der Waals surface area (Å²) in [5.74, 6) is -0.203. The minimum absolute atomic E-state index is 0.138. The summed E-state index contributed by atoms with van der Waals surface area (Å²) in [6, 6.07) is 9.41. The van der Waals surface area contributed by atoms with Gasteiger partial charge in [-0.1, -0.05) is 12.1 Å². The van der Waals surface area contributed by atoms with E-state index in [1.54, 1.807) is 6.20 Å². The molecule has 0 saturated heterocycles. The zero-order valence-corrected chi connectivity index (χ0v) is 10.9. The van der Waals surface area contributed by atoms with Gasteiger partial charge in [0.25, 0.3) is 5.91 Å². The van der Waals surface area contributed by atoms with E-state index in [4.69, 9.17) is 11.5 Å². The molecule has 1 aromatic carbocycles. The van der Waals surface area contributed by atoms with E-state index >= 15 is 0 Å². The molecule has 2 heterocycles. The van der Waals surface area contributed by atoms with Gasteiger partial charge in [0.2, 0.25) is 0 Å². The number of hydrogen-bond acceptors (Lipinski definition) is 5. The highest BCUT2D eigenvalue weighted by Crippen LogP contribution is 2.24. The van der Waals surface area contributed by atoms with Crippen LogP contribution in [0.25, 0.3) is 11.3 Å². The molecule has 0 spiro atoms. The second-order valence-electron chi connectivity index (χ2n) is 4.40. The number of nitrogens with zero attached hydrogens (tertiary/aromatic N) is 2. The van der Waals surface area contributed by atoms with Crippen molar-refractivity contribution in [2.45, 2.75) is 0 Å². The maximum absolute atomic E-state index is 11.3. The number of primary amides is 1. The number of amides is 1. The number of nitrogen functional groups attached to an aromatic ring is 1. The van der Waals surface area contributed by atoms with Gasteiger partial charge in [-0.25, -0.2) is 0 Å². The average molecular weight is 283 g/mol. The number of aromatic nitrogens is 4. The highest BCUT2D eigenvalue weighted by Gasteiger charge is 2.16. The van der Waals surface area contributed by atoms with Crippen LogP contribution in [-0.2, 0) is 0 Å². The van der Waals surface area contributed by atoms with Crippen LogP contribution in [0.5, 0.6) is 0 Å². The molecule has 21 heavy (non-hydrogen) atoms. The third-order valence-electron chi connectivity index (χ3n) is 3.00. The van der Waals surface area contributed by atoms with E-state index < -0.39 is 5.91 Å². The summed E-state index contributed by atoms with van der Waals surface area (Å²) in [4.78, 5) is 11.3. The van der Waals surface area contributed by atoms with Crippen LogP contribution in [-0.4, -0.2) is 26.3 Å². The van der Waals surface area contributed by atoms with Gasteiger partial charge in [0.15, 0.2) is 5.82 Å². The molecule has 0 bridgehead atoms. The zero-order valence-electron chi connectivity index (χ0n) is 10.9. The van der Waals surface area contributed by atoms with Crippen LogP contribution in [0.2, 0.25) is 0 Å². The molecule has 0 radical (unpaired) electrons. The largest absolute Gasteiger partial charge is 0.383 e. The van der Waals surface area contributed by atoms with Crippen molar-refractivity contribution in [1.82, 2.24) is 20.4 Å². The Morgan fingerprint density at radius 1 is 1.14 bits per heavy atom. The Bertz CT molecular complexity index is 758. The van der Waals surface area contributed by atoms with Gasteiger partial charge < -0.3 is 16.8 Å². The second-order valence-corrected chi connectivity index (χ2v) is 4.40. The Morgan fingerprint density at radius 3 is 2.52 bits per heavy atom. The summed E-state index contributed by atoms with van der Waals surface area (Å²) < 4.78 is 0. The summed E-state index contributed by atoms with van der Waals surface area (Å²) in [7, 11) is 0. The highest BCUT2D eigenvalue weighted by molar-refractivity contribution is 6.02. The van der Waals surface area contributed by atoms with E-state index in [1.807, 2.05) is 30.3 Å². The lowest BCUT2D eigenvalue weighted by atomic mass is 10.1. The third kappa shape index (κ3) is 2.41. The summed E-state index contributed by atoms with van der Waals surface area (Å²) in [5, 5.41) is 16.2. The first kappa shape index (κ1) is 12.7. The normalized spacial score (nSPS) is 10.5. The van der Waals surface area contributed by atoms with Gasteiger partial charge in [-0.2, -0.15) is 10.2 Å². The van der Waals surface area contributed by atoms with Gasteiger partial charge in [-0.3, -0.25) is 15.0 Å². The molecule has 0 atom stereocenters. The van der Waals surface area contributed by atoms with Crippen molar-refractivity contribution in [3.63, 3.8) is 0 Å². The van der Waals surface area contributed by atoms with Crippen LogP contribution in [0.15, 0.2) is 36.5 Å². The van der Waals surface area contributed by atoms with Crippen LogP contribution in [0, 0.1) is 0 Å². The van der Waals surface area contributed by atoms with E-state index in [1.165, 1.54) is 0 Å². The molecule has 7 N–H and O–H groups in total. The Kier molecular flexibility index (Phi) is 3.03. The quantitative estimate of drug-likeness (QED) is 0.490. The number of anilines is 3. The maximum Gasteiger partial charge on any atom is 0.256 e. The molecule has 0 fully saturated rings. The lowest BCUT2D eigenvalue weighted by molar-refractivity contribution is 0.100. The fourth-order valence-corrected chi connectivity index (χ4v) is 1.98. The average Bonchev–Trinajstić information content (AvgIpc) is 3.10. The standard InChI is InChI=1S/C13H13N7O/c14-11-10(12(15)21)13(20-19-11)17-8-3-1-7(2-4-8)9-5-6-16-18-9/h1-6H,(H2,15,21)(H,16,18)(H4,14,17,19,20). The van der Waals surface area contributed by atoms with Crippen LogP contribution >= 0.6 is 0 Å². The number of benzene rings is 1. The van der Waals surface area contributed by atoms with Crippen molar-refractivity contribution in [3.8, 4) is 11.3 Å². The van der Waals surface area contributed by atoms with Gasteiger partial charge in [-0.05, 0) is 23.8 Å². The van der Waals surface area contributed by atoms with Gasteiger partial charge in [0.1, 0.15) is 11.4 Å². The summed E-state index contributed by atoms with van der Waals surface area (Å²) in [5.41, 5.74) is 13.7. The van der Waals surface area contributed by atoms with Gasteiger partial charge in [0.05, 0.1) is 5.69 Å². The number of carbonyl (C=O) groups excluding carboxylic acids is 1. The molecular weight excluding hydrogens is 270 g/mol. The molecule has 0 unspecified atom stereocenters. The summed E-state index contributed by atoms with van der Waals surface area (Å²) >= 11 is 0. The molecule has 3 rings (SSSR count). The van der Waals surface area contributed by atoms with Crippen LogP contribution in [0.1, 0.15) is 10.4 Å². The Balaban J connectivity index is 1.84. The second kappa shape index (κ2) is 5.00. The Hall–Kier alpha value is -3.29. The number of rotatable bonds is 4. The molecule has 0 saturated carbocycles. The Morgan fingerprint density at radius 2 is 1.90 bits per heavy atom. The van der Waals surface area contributed by atoms with E-state index in [2.05, 4.69) is 25.7 Å². The van der Waals surface area contributed by atoms with Crippen molar-refractivity contribution in [2.75, 3.05) is 11.1 Å². The molecule has 8 heteroatoms. The van der Waals surface area contributed by atoms with Crippen molar-refractivity contribution in [1.29, 1.82) is 0 Å². The number of nitrogens with one attached hydrogen (secondary N) is 3. The number of H-pyrrole nitrogens is 2. The third-order valence-corrected chi connectivity index (χ3v) is 3.00. The van der Waals surface area contributed by atoms with E-state index in [-0.39, 0.29) is 11.4 Å². The maximum atomic E-state index is 11.3. The van der Waals surface area contributed by atoms with Crippen LogP contribution < -0.4 is 16.8 Å². The van der Waals surface area contributed by atoms with Crippen LogP contribution in [0.3, 0.4) is 0 Å². The number of carbonyl (C=O) groups is 1. The lowest BCUT2D eigenvalue weighted by Crippen LogP contribution is -2.14. The first-order chi connectivity index (χ1) is 10.1. The lowest BCUT2D eigenvalue weighted by Gasteiger charge is -2.05. The van der Waals surface area contributed by atoms with Gasteiger partial charge in [0, 0.05) is 11.9 Å². The molecule has 2 aromatic heterocycles. The monoisotopic (exact) mass is 283 g/mol.